The van der Waals surface area contributed by atoms with Gasteiger partial charge in [-0.2, -0.15) is 0 Å². The molecule has 0 radical (unpaired) electrons. The lowest BCUT2D eigenvalue weighted by atomic mass is 10.1. The van der Waals surface area contributed by atoms with Crippen molar-refractivity contribution in [3.05, 3.63) is 28.8 Å². The van der Waals surface area contributed by atoms with Crippen LogP contribution in [0.1, 0.15) is 30.1 Å². The number of nitrogens with one attached hydrogen (secondary N) is 1. The highest BCUT2D eigenvalue weighted by Crippen LogP contribution is 2.13. The Kier molecular flexibility index (Phi) is 5.69. The maximum absolute atomic E-state index is 12.9. The van der Waals surface area contributed by atoms with Gasteiger partial charge in [-0.05, 0) is 18.9 Å². The van der Waals surface area contributed by atoms with Gasteiger partial charge in [0, 0.05) is 6.54 Å². The molecule has 1 atom stereocenters. The van der Waals surface area contributed by atoms with Crippen LogP contribution in [0.2, 0.25) is 5.15 Å². The molecule has 0 aliphatic carbocycles. The van der Waals surface area contributed by atoms with Crippen LogP contribution in [0.15, 0.2) is 12.3 Å². The van der Waals surface area contributed by atoms with Crippen molar-refractivity contribution in [2.75, 3.05) is 6.54 Å². The number of carbonyl (C=O) groups is 2. The van der Waals surface area contributed by atoms with Crippen LogP contribution in [0.25, 0.3) is 0 Å². The Morgan fingerprint density at radius 1 is 1.58 bits per heavy atom. The lowest BCUT2D eigenvalue weighted by molar-refractivity contribution is -0.141. The number of halogens is 2. The minimum atomic E-state index is -0.872. The summed E-state index contributed by atoms with van der Waals surface area (Å²) in [6.45, 7) is 1.89. The number of nitrogens with zero attached hydrogens (tertiary/aromatic N) is 1. The molecule has 1 amide bonds. The van der Waals surface area contributed by atoms with Gasteiger partial charge >= 0.3 is 5.97 Å². The average Bonchev–Trinajstić information content (AvgIpc) is 2.36. The lowest BCUT2D eigenvalue weighted by Gasteiger charge is -2.08. The Hall–Kier alpha value is -1.69. The van der Waals surface area contributed by atoms with Gasteiger partial charge in [0.15, 0.2) is 0 Å². The zero-order valence-electron chi connectivity index (χ0n) is 10.3. The SMILES string of the molecule is CC(CCCNC(=O)c1cc(F)cnc1Cl)C(=O)O. The zero-order valence-corrected chi connectivity index (χ0v) is 11.1. The molecule has 0 saturated heterocycles. The van der Waals surface area contributed by atoms with Crippen LogP contribution in [-0.2, 0) is 4.79 Å². The van der Waals surface area contributed by atoms with Crippen LogP contribution < -0.4 is 5.32 Å². The van der Waals surface area contributed by atoms with E-state index in [0.717, 1.165) is 12.3 Å². The van der Waals surface area contributed by atoms with E-state index >= 15 is 0 Å². The van der Waals surface area contributed by atoms with Crippen molar-refractivity contribution in [1.82, 2.24) is 10.3 Å². The van der Waals surface area contributed by atoms with Gasteiger partial charge in [0.25, 0.3) is 5.91 Å². The van der Waals surface area contributed by atoms with Gasteiger partial charge in [0.1, 0.15) is 11.0 Å². The quantitative estimate of drug-likeness (QED) is 0.620. The molecule has 0 aliphatic heterocycles. The maximum Gasteiger partial charge on any atom is 0.306 e. The third kappa shape index (κ3) is 4.82. The Labute approximate surface area is 114 Å². The fourth-order valence-corrected chi connectivity index (χ4v) is 1.60. The van der Waals surface area contributed by atoms with Crippen LogP contribution in [0.5, 0.6) is 0 Å². The molecule has 1 heterocycles. The molecule has 5 nitrogen and oxygen atoms in total. The zero-order chi connectivity index (χ0) is 14.4. The third-order valence-corrected chi connectivity index (χ3v) is 2.87. The molecule has 7 heteroatoms. The molecular formula is C12H14ClFN2O3. The van der Waals surface area contributed by atoms with E-state index in [4.69, 9.17) is 16.7 Å². The van der Waals surface area contributed by atoms with Crippen molar-refractivity contribution in [3.8, 4) is 0 Å². The summed E-state index contributed by atoms with van der Waals surface area (Å²) in [5, 5.41) is 11.1. The average molecular weight is 289 g/mol. The fourth-order valence-electron chi connectivity index (χ4n) is 1.41. The summed E-state index contributed by atoms with van der Waals surface area (Å²) in [6.07, 6.45) is 1.89. The first kappa shape index (κ1) is 15.4. The van der Waals surface area contributed by atoms with E-state index in [0.29, 0.717) is 19.4 Å². The number of pyridine rings is 1. The number of rotatable bonds is 6. The van der Waals surface area contributed by atoms with E-state index in [1.165, 1.54) is 0 Å². The highest BCUT2D eigenvalue weighted by molar-refractivity contribution is 6.32. The summed E-state index contributed by atoms with van der Waals surface area (Å²) < 4.78 is 12.9. The van der Waals surface area contributed by atoms with Crippen LogP contribution in [-0.4, -0.2) is 28.5 Å². The topological polar surface area (TPSA) is 79.3 Å². The standard InChI is InChI=1S/C12H14ClFN2O3/c1-7(12(18)19)3-2-4-15-11(17)9-5-8(14)6-16-10(9)13/h5-7H,2-4H2,1H3,(H,15,17)(H,18,19). The van der Waals surface area contributed by atoms with Crippen LogP contribution in [0.3, 0.4) is 0 Å². The van der Waals surface area contributed by atoms with Crippen LogP contribution >= 0.6 is 11.6 Å². The molecule has 104 valence electrons. The molecule has 0 bridgehead atoms. The smallest absolute Gasteiger partial charge is 0.306 e. The summed E-state index contributed by atoms with van der Waals surface area (Å²) in [5.74, 6) is -2.51. The minimum Gasteiger partial charge on any atom is -0.481 e. The van der Waals surface area contributed by atoms with Crippen molar-refractivity contribution in [2.24, 2.45) is 5.92 Å². The largest absolute Gasteiger partial charge is 0.481 e. The van der Waals surface area contributed by atoms with Gasteiger partial charge in [-0.3, -0.25) is 9.59 Å². The predicted octanol–water partition coefficient (Wildman–Crippen LogP) is 2.10. The van der Waals surface area contributed by atoms with E-state index in [1.807, 2.05) is 0 Å². The Morgan fingerprint density at radius 3 is 2.89 bits per heavy atom. The number of carbonyl (C=O) groups excluding carboxylic acids is 1. The Balaban J connectivity index is 2.43. The fraction of sp³-hybridized carbons (Fsp3) is 0.417. The predicted molar refractivity (Wildman–Crippen MR) is 67.6 cm³/mol. The summed E-state index contributed by atoms with van der Waals surface area (Å²) in [4.78, 5) is 25.8. The normalized spacial score (nSPS) is 11.9. The van der Waals surface area contributed by atoms with Crippen molar-refractivity contribution in [3.63, 3.8) is 0 Å². The number of hydrogen-bond acceptors (Lipinski definition) is 3. The first-order chi connectivity index (χ1) is 8.91. The molecule has 0 aromatic carbocycles. The monoisotopic (exact) mass is 288 g/mol. The Morgan fingerprint density at radius 2 is 2.26 bits per heavy atom. The summed E-state index contributed by atoms with van der Waals surface area (Å²) in [6, 6.07) is 1.00. The second-order valence-electron chi connectivity index (χ2n) is 4.13. The molecular weight excluding hydrogens is 275 g/mol. The minimum absolute atomic E-state index is 0.0343. The highest BCUT2D eigenvalue weighted by atomic mass is 35.5. The van der Waals surface area contributed by atoms with Crippen LogP contribution in [0.4, 0.5) is 4.39 Å². The van der Waals surface area contributed by atoms with Gasteiger partial charge in [-0.1, -0.05) is 18.5 Å². The van der Waals surface area contributed by atoms with Crippen molar-refractivity contribution >= 4 is 23.5 Å². The molecule has 0 saturated carbocycles. The molecule has 0 spiro atoms. The molecule has 1 aromatic heterocycles. The number of amides is 1. The summed E-state index contributed by atoms with van der Waals surface area (Å²) in [7, 11) is 0. The number of carboxylic acids is 1. The first-order valence-electron chi connectivity index (χ1n) is 5.74. The third-order valence-electron chi connectivity index (χ3n) is 2.57. The van der Waals surface area contributed by atoms with Crippen LogP contribution in [0, 0.1) is 11.7 Å². The summed E-state index contributed by atoms with van der Waals surface area (Å²) in [5.41, 5.74) is -0.0343. The molecule has 0 fully saturated rings. The first-order valence-corrected chi connectivity index (χ1v) is 6.11. The van der Waals surface area contributed by atoms with Gasteiger partial charge in [0.05, 0.1) is 17.7 Å². The van der Waals surface area contributed by atoms with E-state index in [9.17, 15) is 14.0 Å². The molecule has 0 aliphatic rings. The summed E-state index contributed by atoms with van der Waals surface area (Å²) >= 11 is 5.68. The van der Waals surface area contributed by atoms with E-state index in [2.05, 4.69) is 10.3 Å². The van der Waals surface area contributed by atoms with E-state index in [-0.39, 0.29) is 10.7 Å². The lowest BCUT2D eigenvalue weighted by Crippen LogP contribution is -2.25. The Bertz CT molecular complexity index is 482. The van der Waals surface area contributed by atoms with Gasteiger partial charge in [-0.15, -0.1) is 0 Å². The van der Waals surface area contributed by atoms with Crippen molar-refractivity contribution in [2.45, 2.75) is 19.8 Å². The molecule has 1 aromatic rings. The molecule has 2 N–H and O–H groups in total. The second kappa shape index (κ2) is 7.04. The van der Waals surface area contributed by atoms with E-state index < -0.39 is 23.6 Å². The molecule has 19 heavy (non-hydrogen) atoms. The maximum atomic E-state index is 12.9. The second-order valence-corrected chi connectivity index (χ2v) is 4.49. The van der Waals surface area contributed by atoms with Crippen molar-refractivity contribution in [1.29, 1.82) is 0 Å². The van der Waals surface area contributed by atoms with E-state index in [1.54, 1.807) is 6.92 Å². The van der Waals surface area contributed by atoms with Gasteiger partial charge in [-0.25, -0.2) is 9.37 Å². The molecule has 1 rings (SSSR count). The number of hydrogen-bond donors (Lipinski definition) is 2. The molecule has 1 unspecified atom stereocenters. The number of carboxylic acid groups (broad SMARTS) is 1. The van der Waals surface area contributed by atoms with Gasteiger partial charge < -0.3 is 10.4 Å². The highest BCUT2D eigenvalue weighted by Gasteiger charge is 2.13. The number of aromatic nitrogens is 1. The number of aliphatic carboxylic acids is 1. The van der Waals surface area contributed by atoms with Crippen molar-refractivity contribution < 1.29 is 19.1 Å². The van der Waals surface area contributed by atoms with Gasteiger partial charge in [0.2, 0.25) is 0 Å².